The summed E-state index contributed by atoms with van der Waals surface area (Å²) in [5.74, 6) is -0.0357. The fraction of sp³-hybridized carbons (Fsp3) is 0.389. The summed E-state index contributed by atoms with van der Waals surface area (Å²) in [6.45, 7) is 4.38. The highest BCUT2D eigenvalue weighted by Gasteiger charge is 2.24. The number of nitrogen functional groups attached to an aromatic ring is 1. The van der Waals surface area contributed by atoms with Crippen molar-refractivity contribution in [1.29, 1.82) is 0 Å². The van der Waals surface area contributed by atoms with E-state index in [9.17, 15) is 4.39 Å². The molecule has 0 aliphatic carbocycles. The summed E-state index contributed by atoms with van der Waals surface area (Å²) in [7, 11) is 1.47. The summed E-state index contributed by atoms with van der Waals surface area (Å²) in [6.07, 6.45) is -0.158. The third-order valence-electron chi connectivity index (χ3n) is 4.13. The molecule has 0 bridgehead atoms. The summed E-state index contributed by atoms with van der Waals surface area (Å²) >= 11 is 0. The lowest BCUT2D eigenvalue weighted by atomic mass is 10.1. The third-order valence-corrected chi connectivity index (χ3v) is 4.13. The molecule has 0 spiro atoms. The highest BCUT2D eigenvalue weighted by molar-refractivity contribution is 5.40. The van der Waals surface area contributed by atoms with Gasteiger partial charge in [0.25, 0.3) is 0 Å². The first-order chi connectivity index (χ1) is 11.6. The van der Waals surface area contributed by atoms with Crippen molar-refractivity contribution >= 4 is 5.69 Å². The zero-order chi connectivity index (χ0) is 17.1. The first kappa shape index (κ1) is 16.7. The van der Waals surface area contributed by atoms with Gasteiger partial charge >= 0.3 is 0 Å². The van der Waals surface area contributed by atoms with Crippen LogP contribution in [-0.4, -0.2) is 36.7 Å². The highest BCUT2D eigenvalue weighted by atomic mass is 19.1. The molecule has 1 aliphatic rings. The van der Waals surface area contributed by atoms with Gasteiger partial charge in [0, 0.05) is 36.6 Å². The standard InChI is InChI=1S/C18H22FN3O2/c1-12-8-14(20)9-15(21-12)17-11-22(6-7-24-17)10-13-4-3-5-16(23-2)18(13)19/h3-5,8-9,17H,6-7,10-11H2,1-2H3,(H2,20,21). The number of aryl methyl sites for hydroxylation is 1. The number of pyridine rings is 1. The van der Waals surface area contributed by atoms with E-state index in [1.54, 1.807) is 18.2 Å². The summed E-state index contributed by atoms with van der Waals surface area (Å²) in [6, 6.07) is 8.88. The summed E-state index contributed by atoms with van der Waals surface area (Å²) < 4.78 is 25.2. The van der Waals surface area contributed by atoms with E-state index in [1.165, 1.54) is 7.11 Å². The number of benzene rings is 1. The molecule has 5 nitrogen and oxygen atoms in total. The Morgan fingerprint density at radius 2 is 2.25 bits per heavy atom. The number of rotatable bonds is 4. The molecule has 0 saturated carbocycles. The van der Waals surface area contributed by atoms with Gasteiger partial charge in [0.1, 0.15) is 6.10 Å². The van der Waals surface area contributed by atoms with Crippen molar-refractivity contribution in [3.63, 3.8) is 0 Å². The quantitative estimate of drug-likeness (QED) is 0.933. The molecule has 3 rings (SSSR count). The third kappa shape index (κ3) is 3.66. The molecule has 0 amide bonds. The van der Waals surface area contributed by atoms with Crippen molar-refractivity contribution in [3.8, 4) is 5.75 Å². The average Bonchev–Trinajstić information content (AvgIpc) is 2.56. The first-order valence-corrected chi connectivity index (χ1v) is 7.96. The minimum absolute atomic E-state index is 0.158. The molecular formula is C18H22FN3O2. The Balaban J connectivity index is 1.74. The van der Waals surface area contributed by atoms with Crippen LogP contribution in [0.15, 0.2) is 30.3 Å². The van der Waals surface area contributed by atoms with Gasteiger partial charge in [-0.05, 0) is 25.1 Å². The van der Waals surface area contributed by atoms with Gasteiger partial charge in [-0.1, -0.05) is 12.1 Å². The smallest absolute Gasteiger partial charge is 0.169 e. The molecule has 128 valence electrons. The van der Waals surface area contributed by atoms with Crippen molar-refractivity contribution in [3.05, 3.63) is 53.1 Å². The van der Waals surface area contributed by atoms with Crippen LogP contribution in [0.1, 0.15) is 23.1 Å². The van der Waals surface area contributed by atoms with Crippen LogP contribution in [0.2, 0.25) is 0 Å². The number of anilines is 1. The van der Waals surface area contributed by atoms with E-state index in [2.05, 4.69) is 9.88 Å². The van der Waals surface area contributed by atoms with Gasteiger partial charge in [-0.15, -0.1) is 0 Å². The number of nitrogens with zero attached hydrogens (tertiary/aromatic N) is 2. The van der Waals surface area contributed by atoms with Crippen LogP contribution in [0.3, 0.4) is 0 Å². The van der Waals surface area contributed by atoms with Gasteiger partial charge < -0.3 is 15.2 Å². The van der Waals surface area contributed by atoms with Gasteiger partial charge in [0.15, 0.2) is 11.6 Å². The number of ether oxygens (including phenoxy) is 2. The van der Waals surface area contributed by atoms with E-state index in [1.807, 2.05) is 19.1 Å². The summed E-state index contributed by atoms with van der Waals surface area (Å²) in [5.41, 5.74) is 8.89. The van der Waals surface area contributed by atoms with Crippen LogP contribution in [-0.2, 0) is 11.3 Å². The van der Waals surface area contributed by atoms with Crippen LogP contribution in [0.5, 0.6) is 5.75 Å². The van der Waals surface area contributed by atoms with Crippen molar-refractivity contribution in [2.75, 3.05) is 32.5 Å². The predicted molar refractivity (Wildman–Crippen MR) is 90.3 cm³/mol. The Morgan fingerprint density at radius 1 is 1.42 bits per heavy atom. The molecule has 1 unspecified atom stereocenters. The minimum atomic E-state index is -0.305. The van der Waals surface area contributed by atoms with E-state index < -0.39 is 0 Å². The first-order valence-electron chi connectivity index (χ1n) is 7.96. The van der Waals surface area contributed by atoms with Gasteiger partial charge in [-0.2, -0.15) is 0 Å². The minimum Gasteiger partial charge on any atom is -0.494 e. The molecule has 1 saturated heterocycles. The van der Waals surface area contributed by atoms with Crippen LogP contribution < -0.4 is 10.5 Å². The summed E-state index contributed by atoms with van der Waals surface area (Å²) in [5, 5.41) is 0. The van der Waals surface area contributed by atoms with E-state index in [0.29, 0.717) is 30.9 Å². The molecule has 1 aromatic carbocycles. The number of methoxy groups -OCH3 is 1. The maximum absolute atomic E-state index is 14.3. The number of nitrogens with two attached hydrogens (primary N) is 1. The van der Waals surface area contributed by atoms with Crippen molar-refractivity contribution in [1.82, 2.24) is 9.88 Å². The van der Waals surface area contributed by atoms with Crippen molar-refractivity contribution in [2.45, 2.75) is 19.6 Å². The second-order valence-corrected chi connectivity index (χ2v) is 5.99. The zero-order valence-corrected chi connectivity index (χ0v) is 14.0. The zero-order valence-electron chi connectivity index (χ0n) is 14.0. The molecule has 1 aromatic heterocycles. The van der Waals surface area contributed by atoms with Gasteiger partial charge in [-0.25, -0.2) is 4.39 Å². The predicted octanol–water partition coefficient (Wildman–Crippen LogP) is 2.69. The van der Waals surface area contributed by atoms with Crippen molar-refractivity contribution in [2.24, 2.45) is 0 Å². The van der Waals surface area contributed by atoms with Crippen LogP contribution in [0, 0.1) is 12.7 Å². The molecule has 6 heteroatoms. The summed E-state index contributed by atoms with van der Waals surface area (Å²) in [4.78, 5) is 6.68. The van der Waals surface area contributed by atoms with Gasteiger partial charge in [-0.3, -0.25) is 9.88 Å². The maximum Gasteiger partial charge on any atom is 0.169 e. The lowest BCUT2D eigenvalue weighted by molar-refractivity contribution is -0.0353. The fourth-order valence-corrected chi connectivity index (χ4v) is 2.99. The lowest BCUT2D eigenvalue weighted by Crippen LogP contribution is -2.38. The van der Waals surface area contributed by atoms with Crippen molar-refractivity contribution < 1.29 is 13.9 Å². The Kier molecular flexibility index (Phi) is 4.97. The molecule has 0 radical (unpaired) electrons. The number of hydrogen-bond donors (Lipinski definition) is 1. The van der Waals surface area contributed by atoms with E-state index >= 15 is 0 Å². The number of morpholine rings is 1. The number of halogens is 1. The van der Waals surface area contributed by atoms with Gasteiger partial charge in [0.2, 0.25) is 0 Å². The second kappa shape index (κ2) is 7.15. The molecule has 1 aliphatic heterocycles. The van der Waals surface area contributed by atoms with Crippen LogP contribution >= 0.6 is 0 Å². The van der Waals surface area contributed by atoms with Crippen LogP contribution in [0.25, 0.3) is 0 Å². The largest absolute Gasteiger partial charge is 0.494 e. The molecular weight excluding hydrogens is 309 g/mol. The molecule has 24 heavy (non-hydrogen) atoms. The fourth-order valence-electron chi connectivity index (χ4n) is 2.99. The maximum atomic E-state index is 14.3. The Morgan fingerprint density at radius 3 is 3.00 bits per heavy atom. The van der Waals surface area contributed by atoms with Gasteiger partial charge in [0.05, 0.1) is 19.4 Å². The van der Waals surface area contributed by atoms with E-state index in [4.69, 9.17) is 15.2 Å². The number of hydrogen-bond acceptors (Lipinski definition) is 5. The van der Waals surface area contributed by atoms with Crippen LogP contribution in [0.4, 0.5) is 10.1 Å². The molecule has 2 aromatic rings. The molecule has 2 heterocycles. The monoisotopic (exact) mass is 331 g/mol. The van der Waals surface area contributed by atoms with E-state index in [0.717, 1.165) is 17.9 Å². The Bertz CT molecular complexity index is 703. The second-order valence-electron chi connectivity index (χ2n) is 5.99. The van der Waals surface area contributed by atoms with E-state index in [-0.39, 0.29) is 17.7 Å². The molecule has 1 fully saturated rings. The lowest BCUT2D eigenvalue weighted by Gasteiger charge is -2.33. The Hall–Kier alpha value is -2.18. The molecule has 1 atom stereocenters. The SMILES string of the molecule is COc1cccc(CN2CCOC(c3cc(N)cc(C)n3)C2)c1F. The molecule has 2 N–H and O–H groups in total. The average molecular weight is 331 g/mol. The topological polar surface area (TPSA) is 60.6 Å². The number of aromatic nitrogens is 1. The Labute approximate surface area is 141 Å². The highest BCUT2D eigenvalue weighted by Crippen LogP contribution is 2.26. The normalized spacial score (nSPS) is 18.5.